The van der Waals surface area contributed by atoms with Crippen molar-refractivity contribution in [3.8, 4) is 0 Å². The van der Waals surface area contributed by atoms with Crippen molar-refractivity contribution in [2.24, 2.45) is 0 Å². The van der Waals surface area contributed by atoms with Crippen molar-refractivity contribution in [1.29, 1.82) is 0 Å². The Morgan fingerprint density at radius 3 is 1.57 bits per heavy atom. The number of rotatable bonds is 5. The summed E-state index contributed by atoms with van der Waals surface area (Å²) in [6, 6.07) is 14.8. The van der Waals surface area contributed by atoms with Crippen LogP contribution in [0.2, 0.25) is 0 Å². The Labute approximate surface area is 209 Å². The highest BCUT2D eigenvalue weighted by Crippen LogP contribution is 2.21. The van der Waals surface area contributed by atoms with Crippen molar-refractivity contribution < 1.29 is 17.6 Å². The third kappa shape index (κ3) is 9.51. The van der Waals surface area contributed by atoms with E-state index in [2.05, 4.69) is 13.8 Å². The summed E-state index contributed by atoms with van der Waals surface area (Å²) in [7, 11) is 0. The zero-order valence-corrected chi connectivity index (χ0v) is 22.4. The molecule has 192 valence electrons. The highest BCUT2D eigenvalue weighted by atomic mass is 19.1. The summed E-state index contributed by atoms with van der Waals surface area (Å²) in [4.78, 5) is 0. The lowest BCUT2D eigenvalue weighted by Gasteiger charge is -2.07. The molecule has 35 heavy (non-hydrogen) atoms. The van der Waals surface area contributed by atoms with E-state index >= 15 is 0 Å². The largest absolute Gasteiger partial charge is 0.207 e. The van der Waals surface area contributed by atoms with Gasteiger partial charge in [0.15, 0.2) is 0 Å². The van der Waals surface area contributed by atoms with E-state index < -0.39 is 11.6 Å². The predicted molar refractivity (Wildman–Crippen MR) is 140 cm³/mol. The van der Waals surface area contributed by atoms with Crippen molar-refractivity contribution in [1.82, 2.24) is 0 Å². The van der Waals surface area contributed by atoms with Crippen LogP contribution in [0.1, 0.15) is 101 Å². The first kappa shape index (κ1) is 30.4. The first-order valence-electron chi connectivity index (χ1n) is 12.4. The topological polar surface area (TPSA) is 0 Å². The fourth-order valence-corrected chi connectivity index (χ4v) is 3.55. The van der Waals surface area contributed by atoms with Crippen molar-refractivity contribution in [2.75, 3.05) is 0 Å². The van der Waals surface area contributed by atoms with Gasteiger partial charge in [0.25, 0.3) is 0 Å². The van der Waals surface area contributed by atoms with Crippen molar-refractivity contribution in [2.45, 2.75) is 86.0 Å². The van der Waals surface area contributed by atoms with Gasteiger partial charge in [-0.25, -0.2) is 17.6 Å². The molecule has 3 rings (SSSR count). The maximum atomic E-state index is 13.3. The van der Waals surface area contributed by atoms with Gasteiger partial charge < -0.3 is 0 Å². The molecular weight excluding hydrogens is 448 g/mol. The van der Waals surface area contributed by atoms with Crippen LogP contribution in [0.25, 0.3) is 0 Å². The van der Waals surface area contributed by atoms with Crippen molar-refractivity contribution in [3.05, 3.63) is 106 Å². The maximum Gasteiger partial charge on any atom is 0.129 e. The van der Waals surface area contributed by atoms with Crippen LogP contribution in [0, 0.1) is 23.3 Å². The fraction of sp³-hybridized carbons (Fsp3) is 0.419. The number of hydrogen-bond acceptors (Lipinski definition) is 0. The van der Waals surface area contributed by atoms with E-state index in [1.807, 2.05) is 52.0 Å². The predicted octanol–water partition coefficient (Wildman–Crippen LogP) is 10.1. The molecule has 0 fully saturated rings. The summed E-state index contributed by atoms with van der Waals surface area (Å²) >= 11 is 0. The second-order valence-electron chi connectivity index (χ2n) is 9.51. The minimum absolute atomic E-state index is 0.0654. The number of aryl methyl sites for hydroxylation is 2. The molecule has 0 nitrogen and oxygen atoms in total. The van der Waals surface area contributed by atoms with Gasteiger partial charge in [-0.15, -0.1) is 0 Å². The molecule has 0 spiro atoms. The van der Waals surface area contributed by atoms with E-state index in [1.54, 1.807) is 26.0 Å². The van der Waals surface area contributed by atoms with Gasteiger partial charge in [-0.3, -0.25) is 0 Å². The molecule has 0 amide bonds. The third-order valence-corrected chi connectivity index (χ3v) is 5.79. The smallest absolute Gasteiger partial charge is 0.129 e. The Hall–Kier alpha value is -2.62. The standard InChI is InChI=1S/2C11H15F.C9H10F2/c1-4-9-7-10(8(2)3)5-6-11(9)12;1-4-9-5-6-10(8(2)3)11(12)7-9;1-6(2)9-7(10)4-3-5-8(9)11/h2*5-8H,4H2,1-3H3;3-6H,1-2H3. The molecule has 0 bridgehead atoms. The summed E-state index contributed by atoms with van der Waals surface area (Å²) < 4.78 is 52.0. The van der Waals surface area contributed by atoms with E-state index in [0.717, 1.165) is 29.5 Å². The summed E-state index contributed by atoms with van der Waals surface area (Å²) in [6.45, 7) is 15.8. The lowest BCUT2D eigenvalue weighted by atomic mass is 10.00. The molecule has 0 heterocycles. The molecule has 4 heteroatoms. The van der Waals surface area contributed by atoms with Crippen LogP contribution in [0.5, 0.6) is 0 Å². The Kier molecular flexibility index (Phi) is 12.8. The Bertz CT molecular complexity index is 1030. The van der Waals surface area contributed by atoms with E-state index in [-0.39, 0.29) is 29.0 Å². The van der Waals surface area contributed by atoms with Gasteiger partial charge in [0.05, 0.1) is 0 Å². The SMILES string of the molecule is CC(C)c1c(F)cccc1F.CCc1cc(C(C)C)ccc1F.CCc1ccc(C(C)C)c(F)c1. The van der Waals surface area contributed by atoms with Crippen LogP contribution in [0.15, 0.2) is 54.6 Å². The number of hydrogen-bond donors (Lipinski definition) is 0. The third-order valence-electron chi connectivity index (χ3n) is 5.79. The van der Waals surface area contributed by atoms with E-state index in [1.165, 1.54) is 23.8 Å². The first-order chi connectivity index (χ1) is 16.4. The van der Waals surface area contributed by atoms with Gasteiger partial charge >= 0.3 is 0 Å². The van der Waals surface area contributed by atoms with E-state index in [4.69, 9.17) is 0 Å². The first-order valence-corrected chi connectivity index (χ1v) is 12.4. The summed E-state index contributed by atoms with van der Waals surface area (Å²) in [5, 5.41) is 0. The second-order valence-corrected chi connectivity index (χ2v) is 9.51. The Balaban J connectivity index is 0.000000263. The molecule has 0 aromatic heterocycles. The maximum absolute atomic E-state index is 13.3. The Morgan fingerprint density at radius 2 is 1.17 bits per heavy atom. The molecule has 3 aromatic rings. The molecule has 0 saturated carbocycles. The average Bonchev–Trinajstić information content (AvgIpc) is 2.79. The normalized spacial score (nSPS) is 10.7. The minimum Gasteiger partial charge on any atom is -0.207 e. The monoisotopic (exact) mass is 488 g/mol. The number of halogens is 4. The highest BCUT2D eigenvalue weighted by molar-refractivity contribution is 5.27. The highest BCUT2D eigenvalue weighted by Gasteiger charge is 2.11. The lowest BCUT2D eigenvalue weighted by molar-refractivity contribution is 0.542. The quantitative estimate of drug-likeness (QED) is 0.313. The van der Waals surface area contributed by atoms with Gasteiger partial charge in [-0.1, -0.05) is 85.7 Å². The van der Waals surface area contributed by atoms with Gasteiger partial charge in [-0.2, -0.15) is 0 Å². The van der Waals surface area contributed by atoms with Crippen LogP contribution in [0.3, 0.4) is 0 Å². The van der Waals surface area contributed by atoms with Gasteiger partial charge in [-0.05, 0) is 77.1 Å². The van der Waals surface area contributed by atoms with Crippen LogP contribution in [-0.2, 0) is 12.8 Å². The van der Waals surface area contributed by atoms with E-state index in [9.17, 15) is 17.6 Å². The zero-order valence-electron chi connectivity index (χ0n) is 22.4. The molecule has 0 saturated heterocycles. The van der Waals surface area contributed by atoms with Crippen LogP contribution in [-0.4, -0.2) is 0 Å². The average molecular weight is 489 g/mol. The van der Waals surface area contributed by atoms with Crippen LogP contribution < -0.4 is 0 Å². The fourth-order valence-electron chi connectivity index (χ4n) is 3.55. The van der Waals surface area contributed by atoms with Gasteiger partial charge in [0, 0.05) is 5.56 Å². The summed E-state index contributed by atoms with van der Waals surface area (Å²) in [6.07, 6.45) is 1.67. The minimum atomic E-state index is -0.458. The zero-order chi connectivity index (χ0) is 26.7. The van der Waals surface area contributed by atoms with Crippen molar-refractivity contribution >= 4 is 0 Å². The molecule has 0 aliphatic heterocycles. The Morgan fingerprint density at radius 1 is 0.571 bits per heavy atom. The molecule has 0 radical (unpaired) electrons. The molecule has 0 unspecified atom stereocenters. The molecular formula is C31H40F4. The molecule has 0 N–H and O–H groups in total. The lowest BCUT2D eigenvalue weighted by Crippen LogP contribution is -1.96. The van der Waals surface area contributed by atoms with E-state index in [0.29, 0.717) is 5.92 Å². The van der Waals surface area contributed by atoms with Gasteiger partial charge in [0.2, 0.25) is 0 Å². The number of benzene rings is 3. The van der Waals surface area contributed by atoms with Crippen LogP contribution in [0.4, 0.5) is 17.6 Å². The molecule has 0 aliphatic carbocycles. The molecule has 3 aromatic carbocycles. The van der Waals surface area contributed by atoms with Crippen LogP contribution >= 0.6 is 0 Å². The van der Waals surface area contributed by atoms with Crippen molar-refractivity contribution in [3.63, 3.8) is 0 Å². The summed E-state index contributed by atoms with van der Waals surface area (Å²) in [5.41, 5.74) is 4.09. The summed E-state index contributed by atoms with van der Waals surface area (Å²) in [5.74, 6) is -0.408. The molecule has 0 aliphatic rings. The second kappa shape index (κ2) is 14.7. The van der Waals surface area contributed by atoms with Gasteiger partial charge in [0.1, 0.15) is 23.3 Å². The molecule has 0 atom stereocenters.